The lowest BCUT2D eigenvalue weighted by Gasteiger charge is -2.17. The van der Waals surface area contributed by atoms with Crippen LogP contribution in [-0.2, 0) is 0 Å². The Hall–Kier alpha value is -1.63. The normalized spacial score (nSPS) is 15.0. The Bertz CT molecular complexity index is 512. The van der Waals surface area contributed by atoms with Gasteiger partial charge in [0, 0.05) is 6.54 Å². The lowest BCUT2D eigenvalue weighted by atomic mass is 10.0. The predicted octanol–water partition coefficient (Wildman–Crippen LogP) is 0.0237. The number of aliphatic hydroxyl groups excluding tert-OH is 2. The van der Waals surface area contributed by atoms with E-state index in [-0.39, 0.29) is 5.82 Å². The molecule has 6 heteroatoms. The lowest BCUT2D eigenvalue weighted by Crippen LogP contribution is -2.29. The molecule has 0 aliphatic rings. The molecule has 2 atom stereocenters. The van der Waals surface area contributed by atoms with E-state index in [0.717, 1.165) is 0 Å². The second-order valence-corrected chi connectivity index (χ2v) is 3.89. The summed E-state index contributed by atoms with van der Waals surface area (Å²) in [5.41, 5.74) is 6.75. The van der Waals surface area contributed by atoms with Gasteiger partial charge in [-0.1, -0.05) is 11.2 Å². The van der Waals surface area contributed by atoms with Crippen molar-refractivity contribution in [2.75, 3.05) is 19.3 Å². The standard InChI is InChI=1S/C11H15N3O3/c1-13-5-8(15)10(16)6-2-3-9-7(4-6)11(12)14-17-9/h2-4,8,10,13,15-16H,5H2,1H3,(H2,12,14). The van der Waals surface area contributed by atoms with Crippen LogP contribution in [0.3, 0.4) is 0 Å². The average Bonchev–Trinajstić information content (AvgIpc) is 2.70. The van der Waals surface area contributed by atoms with Crippen molar-refractivity contribution in [3.05, 3.63) is 23.8 Å². The van der Waals surface area contributed by atoms with Crippen molar-refractivity contribution >= 4 is 16.8 Å². The molecule has 1 aromatic carbocycles. The fourth-order valence-electron chi connectivity index (χ4n) is 1.70. The van der Waals surface area contributed by atoms with Crippen LogP contribution in [0.1, 0.15) is 11.7 Å². The molecule has 2 aromatic rings. The fourth-order valence-corrected chi connectivity index (χ4v) is 1.70. The van der Waals surface area contributed by atoms with Crippen molar-refractivity contribution in [1.29, 1.82) is 0 Å². The molecule has 0 radical (unpaired) electrons. The van der Waals surface area contributed by atoms with E-state index in [1.165, 1.54) is 0 Å². The van der Waals surface area contributed by atoms with Gasteiger partial charge in [-0.3, -0.25) is 0 Å². The molecule has 6 nitrogen and oxygen atoms in total. The third kappa shape index (κ3) is 2.23. The number of hydrogen-bond acceptors (Lipinski definition) is 6. The molecule has 0 amide bonds. The molecule has 0 spiro atoms. The maximum Gasteiger partial charge on any atom is 0.174 e. The van der Waals surface area contributed by atoms with Crippen molar-refractivity contribution < 1.29 is 14.7 Å². The van der Waals surface area contributed by atoms with Crippen LogP contribution in [-0.4, -0.2) is 35.1 Å². The van der Waals surface area contributed by atoms with Crippen LogP contribution in [0, 0.1) is 0 Å². The first-order valence-corrected chi connectivity index (χ1v) is 5.29. The minimum atomic E-state index is -0.971. The number of likely N-dealkylation sites (N-methyl/N-ethyl adjacent to an activating group) is 1. The van der Waals surface area contributed by atoms with Crippen LogP contribution < -0.4 is 11.1 Å². The summed E-state index contributed by atoms with van der Waals surface area (Å²) in [5.74, 6) is 0.275. The van der Waals surface area contributed by atoms with Crippen LogP contribution in [0.2, 0.25) is 0 Å². The Morgan fingerprint density at radius 2 is 2.24 bits per heavy atom. The quantitative estimate of drug-likeness (QED) is 0.597. The largest absolute Gasteiger partial charge is 0.389 e. The van der Waals surface area contributed by atoms with Gasteiger partial charge in [-0.25, -0.2) is 0 Å². The number of nitrogen functional groups attached to an aromatic ring is 1. The van der Waals surface area contributed by atoms with Crippen molar-refractivity contribution in [1.82, 2.24) is 10.5 Å². The average molecular weight is 237 g/mol. The highest BCUT2D eigenvalue weighted by molar-refractivity contribution is 5.87. The molecule has 1 aromatic heterocycles. The molecule has 2 rings (SSSR count). The summed E-state index contributed by atoms with van der Waals surface area (Å²) in [6, 6.07) is 5.02. The van der Waals surface area contributed by atoms with Gasteiger partial charge in [-0.05, 0) is 24.7 Å². The van der Waals surface area contributed by atoms with Gasteiger partial charge in [0.1, 0.15) is 6.10 Å². The van der Waals surface area contributed by atoms with E-state index in [4.69, 9.17) is 10.3 Å². The van der Waals surface area contributed by atoms with Gasteiger partial charge in [0.15, 0.2) is 11.4 Å². The number of rotatable bonds is 4. The first-order chi connectivity index (χ1) is 8.13. The summed E-state index contributed by atoms with van der Waals surface area (Å²) < 4.78 is 4.96. The molecule has 1 heterocycles. The zero-order chi connectivity index (χ0) is 12.4. The Morgan fingerprint density at radius 3 is 2.94 bits per heavy atom. The van der Waals surface area contributed by atoms with Crippen LogP contribution in [0.25, 0.3) is 11.0 Å². The Morgan fingerprint density at radius 1 is 1.47 bits per heavy atom. The Balaban J connectivity index is 2.32. The summed E-state index contributed by atoms with van der Waals surface area (Å²) >= 11 is 0. The Labute approximate surface area is 98.0 Å². The summed E-state index contributed by atoms with van der Waals surface area (Å²) in [6.07, 6.45) is -1.85. The topological polar surface area (TPSA) is 105 Å². The van der Waals surface area contributed by atoms with E-state index in [1.807, 2.05) is 0 Å². The molecule has 5 N–H and O–H groups in total. The zero-order valence-corrected chi connectivity index (χ0v) is 9.42. The van der Waals surface area contributed by atoms with E-state index in [0.29, 0.717) is 23.1 Å². The highest BCUT2D eigenvalue weighted by Gasteiger charge is 2.18. The van der Waals surface area contributed by atoms with Gasteiger partial charge < -0.3 is 25.8 Å². The number of aliphatic hydroxyl groups is 2. The molecule has 0 saturated carbocycles. The number of fused-ring (bicyclic) bond motifs is 1. The monoisotopic (exact) mass is 237 g/mol. The molecule has 0 aliphatic heterocycles. The van der Waals surface area contributed by atoms with Gasteiger partial charge in [-0.15, -0.1) is 0 Å². The van der Waals surface area contributed by atoms with Crippen molar-refractivity contribution in [2.24, 2.45) is 0 Å². The molecular formula is C11H15N3O3. The molecule has 0 bridgehead atoms. The zero-order valence-electron chi connectivity index (χ0n) is 9.42. The Kier molecular flexibility index (Phi) is 3.28. The molecule has 2 unspecified atom stereocenters. The maximum absolute atomic E-state index is 9.93. The summed E-state index contributed by atoms with van der Waals surface area (Å²) in [4.78, 5) is 0. The van der Waals surface area contributed by atoms with E-state index in [2.05, 4.69) is 10.5 Å². The highest BCUT2D eigenvalue weighted by Crippen LogP contribution is 2.25. The maximum atomic E-state index is 9.93. The van der Waals surface area contributed by atoms with Gasteiger partial charge >= 0.3 is 0 Å². The number of nitrogens with two attached hydrogens (primary N) is 1. The SMILES string of the molecule is CNCC(O)C(O)c1ccc2onc(N)c2c1. The van der Waals surface area contributed by atoms with Gasteiger partial charge in [0.2, 0.25) is 0 Å². The van der Waals surface area contributed by atoms with Crippen LogP contribution in [0.4, 0.5) is 5.82 Å². The second kappa shape index (κ2) is 4.70. The number of nitrogens with zero attached hydrogens (tertiary/aromatic N) is 1. The van der Waals surface area contributed by atoms with Crippen LogP contribution in [0.5, 0.6) is 0 Å². The summed E-state index contributed by atoms with van der Waals surface area (Å²) in [7, 11) is 1.71. The number of aromatic nitrogens is 1. The second-order valence-electron chi connectivity index (χ2n) is 3.89. The van der Waals surface area contributed by atoms with Crippen molar-refractivity contribution in [2.45, 2.75) is 12.2 Å². The molecule has 0 aliphatic carbocycles. The highest BCUT2D eigenvalue weighted by atomic mass is 16.5. The van der Waals surface area contributed by atoms with Crippen LogP contribution in [0.15, 0.2) is 22.7 Å². The first kappa shape index (κ1) is 11.8. The van der Waals surface area contributed by atoms with E-state index >= 15 is 0 Å². The minimum Gasteiger partial charge on any atom is -0.389 e. The third-order valence-corrected chi connectivity index (χ3v) is 2.64. The predicted molar refractivity (Wildman–Crippen MR) is 63.3 cm³/mol. The number of hydrogen-bond donors (Lipinski definition) is 4. The van der Waals surface area contributed by atoms with Crippen molar-refractivity contribution in [3.63, 3.8) is 0 Å². The molecule has 17 heavy (non-hydrogen) atoms. The first-order valence-electron chi connectivity index (χ1n) is 5.29. The third-order valence-electron chi connectivity index (χ3n) is 2.64. The molecule has 0 saturated heterocycles. The minimum absolute atomic E-state index is 0.275. The van der Waals surface area contributed by atoms with Gasteiger partial charge in [0.25, 0.3) is 0 Å². The fraction of sp³-hybridized carbons (Fsp3) is 0.364. The van der Waals surface area contributed by atoms with E-state index in [9.17, 15) is 10.2 Å². The van der Waals surface area contributed by atoms with Gasteiger partial charge in [-0.2, -0.15) is 0 Å². The van der Waals surface area contributed by atoms with E-state index < -0.39 is 12.2 Å². The van der Waals surface area contributed by atoms with E-state index in [1.54, 1.807) is 25.2 Å². The summed E-state index contributed by atoms with van der Waals surface area (Å²) in [5, 5.41) is 26.7. The summed E-state index contributed by atoms with van der Waals surface area (Å²) in [6.45, 7) is 0.304. The number of nitrogens with one attached hydrogen (secondary N) is 1. The molecular weight excluding hydrogens is 222 g/mol. The number of anilines is 1. The molecule has 0 fully saturated rings. The van der Waals surface area contributed by atoms with Crippen molar-refractivity contribution in [3.8, 4) is 0 Å². The lowest BCUT2D eigenvalue weighted by molar-refractivity contribution is 0.0203. The van der Waals surface area contributed by atoms with Crippen LogP contribution >= 0.6 is 0 Å². The van der Waals surface area contributed by atoms with Gasteiger partial charge in [0.05, 0.1) is 11.5 Å². The smallest absolute Gasteiger partial charge is 0.174 e. The molecule has 92 valence electrons. The number of benzene rings is 1.